The molecular weight excluding hydrogens is 248 g/mol. The highest BCUT2D eigenvalue weighted by Crippen LogP contribution is 2.38. The highest BCUT2D eigenvalue weighted by atomic mass is 32.2. The molecule has 0 aromatic rings. The van der Waals surface area contributed by atoms with Crippen LogP contribution in [0.2, 0.25) is 0 Å². The van der Waals surface area contributed by atoms with Crippen molar-refractivity contribution in [1.29, 1.82) is 0 Å². The van der Waals surface area contributed by atoms with Crippen molar-refractivity contribution in [2.75, 3.05) is 12.0 Å². The third kappa shape index (κ3) is 6.19. The van der Waals surface area contributed by atoms with Crippen molar-refractivity contribution in [3.05, 3.63) is 0 Å². The molecular formula is C14H28O3S. The zero-order chi connectivity index (χ0) is 13.8. The molecule has 108 valence electrons. The summed E-state index contributed by atoms with van der Waals surface area (Å²) in [6.07, 6.45) is 7.64. The lowest BCUT2D eigenvalue weighted by atomic mass is 9.73. The van der Waals surface area contributed by atoms with Crippen molar-refractivity contribution in [1.82, 2.24) is 0 Å². The fourth-order valence-electron chi connectivity index (χ4n) is 3.22. The van der Waals surface area contributed by atoms with Crippen molar-refractivity contribution in [2.24, 2.45) is 11.8 Å². The van der Waals surface area contributed by atoms with Crippen LogP contribution in [-0.4, -0.2) is 31.1 Å². The monoisotopic (exact) mass is 276 g/mol. The van der Waals surface area contributed by atoms with Gasteiger partial charge in [0.2, 0.25) is 0 Å². The lowest BCUT2D eigenvalue weighted by molar-refractivity contribution is -0.0265. The average Bonchev–Trinajstić information content (AvgIpc) is 2.13. The molecule has 0 aromatic carbocycles. The minimum atomic E-state index is -2.90. The molecule has 2 unspecified atom stereocenters. The Morgan fingerprint density at radius 1 is 1.39 bits per heavy atom. The predicted molar refractivity (Wildman–Crippen MR) is 75.3 cm³/mol. The second-order valence-corrected chi connectivity index (χ2v) is 8.81. The van der Waals surface area contributed by atoms with Gasteiger partial charge in [-0.05, 0) is 43.9 Å². The molecule has 18 heavy (non-hydrogen) atoms. The minimum Gasteiger partial charge on any atom is -0.390 e. The first-order chi connectivity index (χ1) is 8.20. The Hall–Kier alpha value is -0.0900. The highest BCUT2D eigenvalue weighted by Gasteiger charge is 2.34. The molecule has 0 amide bonds. The van der Waals surface area contributed by atoms with Crippen molar-refractivity contribution in [3.8, 4) is 0 Å². The molecule has 0 aliphatic heterocycles. The number of rotatable bonds is 6. The molecule has 0 aromatic heterocycles. The molecule has 1 aliphatic carbocycles. The van der Waals surface area contributed by atoms with Gasteiger partial charge in [0, 0.05) is 12.0 Å². The summed E-state index contributed by atoms with van der Waals surface area (Å²) in [5, 5.41) is 10.6. The fraction of sp³-hybridized carbons (Fsp3) is 1.00. The molecule has 2 atom stereocenters. The maximum Gasteiger partial charge on any atom is 0.147 e. The van der Waals surface area contributed by atoms with Gasteiger partial charge < -0.3 is 5.11 Å². The van der Waals surface area contributed by atoms with Crippen LogP contribution in [0.25, 0.3) is 0 Å². The van der Waals surface area contributed by atoms with E-state index in [2.05, 4.69) is 13.8 Å². The van der Waals surface area contributed by atoms with Crippen LogP contribution in [-0.2, 0) is 9.84 Å². The predicted octanol–water partition coefficient (Wildman–Crippen LogP) is 2.78. The molecule has 0 heterocycles. The SMILES string of the molecule is CC(C)CC1CCCC(O)(CCCS(C)(=O)=O)C1. The van der Waals surface area contributed by atoms with Gasteiger partial charge in [-0.25, -0.2) is 8.42 Å². The van der Waals surface area contributed by atoms with Crippen LogP contribution < -0.4 is 0 Å². The van der Waals surface area contributed by atoms with Gasteiger partial charge in [0.25, 0.3) is 0 Å². The second kappa shape index (κ2) is 6.38. The number of sulfone groups is 1. The minimum absolute atomic E-state index is 0.199. The second-order valence-electron chi connectivity index (χ2n) is 6.55. The molecule has 0 radical (unpaired) electrons. The molecule has 3 nitrogen and oxygen atoms in total. The molecule has 0 bridgehead atoms. The van der Waals surface area contributed by atoms with E-state index in [4.69, 9.17) is 0 Å². The van der Waals surface area contributed by atoms with Gasteiger partial charge in [0.1, 0.15) is 9.84 Å². The first kappa shape index (κ1) is 16.0. The number of aliphatic hydroxyl groups is 1. The van der Waals surface area contributed by atoms with Gasteiger partial charge in [-0.15, -0.1) is 0 Å². The third-order valence-electron chi connectivity index (χ3n) is 3.89. The molecule has 1 N–H and O–H groups in total. The maximum atomic E-state index is 11.1. The van der Waals surface area contributed by atoms with Crippen molar-refractivity contribution < 1.29 is 13.5 Å². The van der Waals surface area contributed by atoms with Crippen LogP contribution in [0.4, 0.5) is 0 Å². The van der Waals surface area contributed by atoms with Crippen LogP contribution >= 0.6 is 0 Å². The van der Waals surface area contributed by atoms with E-state index in [0.717, 1.165) is 19.3 Å². The average molecular weight is 276 g/mol. The summed E-state index contributed by atoms with van der Waals surface area (Å²) < 4.78 is 22.2. The summed E-state index contributed by atoms with van der Waals surface area (Å²) in [6.45, 7) is 4.44. The van der Waals surface area contributed by atoms with E-state index in [-0.39, 0.29) is 5.75 Å². The Labute approximate surface area is 112 Å². The highest BCUT2D eigenvalue weighted by molar-refractivity contribution is 7.90. The van der Waals surface area contributed by atoms with E-state index in [1.807, 2.05) is 0 Å². The lowest BCUT2D eigenvalue weighted by Gasteiger charge is -2.37. The lowest BCUT2D eigenvalue weighted by Crippen LogP contribution is -2.36. The van der Waals surface area contributed by atoms with Gasteiger partial charge in [-0.1, -0.05) is 26.7 Å². The molecule has 1 rings (SSSR count). The zero-order valence-electron chi connectivity index (χ0n) is 12.0. The van der Waals surface area contributed by atoms with Crippen molar-refractivity contribution in [2.45, 2.75) is 64.4 Å². The Kier molecular flexibility index (Phi) is 5.66. The standard InChI is InChI=1S/C14H28O3S/c1-12(2)10-13-6-4-7-14(15,11-13)8-5-9-18(3,16)17/h12-13,15H,4-11H2,1-3H3. The van der Waals surface area contributed by atoms with Crippen molar-refractivity contribution in [3.63, 3.8) is 0 Å². The van der Waals surface area contributed by atoms with E-state index in [1.54, 1.807) is 0 Å². The zero-order valence-corrected chi connectivity index (χ0v) is 12.8. The molecule has 1 saturated carbocycles. The Morgan fingerprint density at radius 3 is 2.61 bits per heavy atom. The Morgan fingerprint density at radius 2 is 2.06 bits per heavy atom. The summed E-state index contributed by atoms with van der Waals surface area (Å²) in [4.78, 5) is 0. The topological polar surface area (TPSA) is 54.4 Å². The van der Waals surface area contributed by atoms with Crippen LogP contribution in [0.1, 0.15) is 58.8 Å². The maximum absolute atomic E-state index is 11.1. The van der Waals surface area contributed by atoms with Gasteiger partial charge >= 0.3 is 0 Å². The molecule has 4 heteroatoms. The summed E-state index contributed by atoms with van der Waals surface area (Å²) in [7, 11) is -2.90. The van der Waals surface area contributed by atoms with Gasteiger partial charge in [0.15, 0.2) is 0 Å². The first-order valence-corrected chi connectivity index (χ1v) is 9.16. The Bertz CT molecular complexity index is 348. The molecule has 1 fully saturated rings. The van der Waals surface area contributed by atoms with Gasteiger partial charge in [-0.2, -0.15) is 0 Å². The summed E-state index contributed by atoms with van der Waals surface area (Å²) >= 11 is 0. The summed E-state index contributed by atoms with van der Waals surface area (Å²) in [5.74, 6) is 1.49. The summed E-state index contributed by atoms with van der Waals surface area (Å²) in [5.41, 5.74) is -0.609. The van der Waals surface area contributed by atoms with E-state index in [9.17, 15) is 13.5 Å². The quantitative estimate of drug-likeness (QED) is 0.811. The van der Waals surface area contributed by atoms with Crippen LogP contribution in [0.5, 0.6) is 0 Å². The summed E-state index contributed by atoms with van der Waals surface area (Å²) in [6, 6.07) is 0. The van der Waals surface area contributed by atoms with E-state index >= 15 is 0 Å². The first-order valence-electron chi connectivity index (χ1n) is 7.10. The molecule has 0 saturated heterocycles. The van der Waals surface area contributed by atoms with E-state index < -0.39 is 15.4 Å². The third-order valence-corrected chi connectivity index (χ3v) is 4.92. The van der Waals surface area contributed by atoms with Crippen LogP contribution in [0.15, 0.2) is 0 Å². The Balaban J connectivity index is 2.42. The van der Waals surface area contributed by atoms with E-state index in [0.29, 0.717) is 24.7 Å². The van der Waals surface area contributed by atoms with Gasteiger partial charge in [0.05, 0.1) is 5.60 Å². The number of hydrogen-bond donors (Lipinski definition) is 1. The van der Waals surface area contributed by atoms with Crippen molar-refractivity contribution >= 4 is 9.84 Å². The largest absolute Gasteiger partial charge is 0.390 e. The van der Waals surface area contributed by atoms with E-state index in [1.165, 1.54) is 19.1 Å². The fourth-order valence-corrected chi connectivity index (χ4v) is 3.89. The normalized spacial score (nSPS) is 29.7. The van der Waals surface area contributed by atoms with Crippen LogP contribution in [0.3, 0.4) is 0 Å². The number of hydrogen-bond acceptors (Lipinski definition) is 3. The smallest absolute Gasteiger partial charge is 0.147 e. The van der Waals surface area contributed by atoms with Crippen LogP contribution in [0, 0.1) is 11.8 Å². The van der Waals surface area contributed by atoms with Gasteiger partial charge in [-0.3, -0.25) is 0 Å². The molecule has 1 aliphatic rings. The molecule has 0 spiro atoms.